The Morgan fingerprint density at radius 3 is 2.69 bits per heavy atom. The number of aromatic carboxylic acids is 1. The molecule has 1 unspecified atom stereocenters. The largest absolute Gasteiger partial charge is 0.488 e. The number of carboxylic acids is 1. The molecule has 2 aromatic heterocycles. The molecule has 1 saturated carbocycles. The summed E-state index contributed by atoms with van der Waals surface area (Å²) in [5.41, 5.74) is 0.956. The lowest BCUT2D eigenvalue weighted by atomic mass is 10.2. The normalized spacial score (nSPS) is 21.4. The van der Waals surface area contributed by atoms with Crippen LogP contribution in [0, 0.1) is 12.7 Å². The van der Waals surface area contributed by atoms with E-state index in [2.05, 4.69) is 15.3 Å². The van der Waals surface area contributed by atoms with Crippen molar-refractivity contribution in [2.24, 2.45) is 0 Å². The lowest BCUT2D eigenvalue weighted by Gasteiger charge is -2.17. The number of aromatic nitrogens is 2. The number of aliphatic hydroxyl groups is 2. The van der Waals surface area contributed by atoms with Crippen molar-refractivity contribution in [3.8, 4) is 5.75 Å². The Balaban J connectivity index is 1.69. The molecule has 0 aliphatic heterocycles. The Morgan fingerprint density at radius 2 is 2.00 bits per heavy atom. The Hall–Kier alpha value is -2.82. The van der Waals surface area contributed by atoms with Crippen LogP contribution in [0.1, 0.15) is 28.1 Å². The fourth-order valence-corrected chi connectivity index (χ4v) is 4.41. The van der Waals surface area contributed by atoms with Gasteiger partial charge in [0.2, 0.25) is 0 Å². The van der Waals surface area contributed by atoms with Gasteiger partial charge in [-0.1, -0.05) is 0 Å². The molecule has 4 N–H and O–H groups in total. The topological polar surface area (TPSA) is 125 Å². The first-order chi connectivity index (χ1) is 13.8. The van der Waals surface area contributed by atoms with Gasteiger partial charge in [-0.2, -0.15) is 0 Å². The van der Waals surface area contributed by atoms with Crippen molar-refractivity contribution < 1.29 is 29.2 Å². The van der Waals surface area contributed by atoms with Crippen molar-refractivity contribution >= 4 is 39.0 Å². The zero-order valence-electron chi connectivity index (χ0n) is 15.3. The van der Waals surface area contributed by atoms with E-state index in [-0.39, 0.29) is 23.5 Å². The number of aryl methyl sites for hydroxylation is 1. The molecule has 0 spiro atoms. The molecule has 3 aromatic rings. The first-order valence-corrected chi connectivity index (χ1v) is 9.72. The molecule has 8 nitrogen and oxygen atoms in total. The fourth-order valence-electron chi connectivity index (χ4n) is 3.42. The number of aliphatic hydroxyl groups excluding tert-OH is 2. The second-order valence-electron chi connectivity index (χ2n) is 6.88. The second-order valence-corrected chi connectivity index (χ2v) is 7.87. The summed E-state index contributed by atoms with van der Waals surface area (Å²) in [6, 6.07) is 3.95. The number of anilines is 2. The predicted molar refractivity (Wildman–Crippen MR) is 104 cm³/mol. The van der Waals surface area contributed by atoms with Crippen LogP contribution in [0.25, 0.3) is 10.2 Å². The van der Waals surface area contributed by atoms with Crippen LogP contribution in [-0.4, -0.2) is 49.6 Å². The molecule has 1 aliphatic carbocycles. The van der Waals surface area contributed by atoms with E-state index in [4.69, 9.17) is 4.74 Å². The quantitative estimate of drug-likeness (QED) is 0.498. The summed E-state index contributed by atoms with van der Waals surface area (Å²) >= 11 is 1.05. The summed E-state index contributed by atoms with van der Waals surface area (Å²) in [6.45, 7) is 1.68. The molecule has 152 valence electrons. The molecular formula is C19H18FN3O5S. The molecule has 2 heterocycles. The van der Waals surface area contributed by atoms with Gasteiger partial charge in [-0.15, -0.1) is 11.3 Å². The van der Waals surface area contributed by atoms with E-state index >= 15 is 0 Å². The van der Waals surface area contributed by atoms with E-state index in [0.717, 1.165) is 11.3 Å². The molecule has 10 heteroatoms. The number of hydrogen-bond acceptors (Lipinski definition) is 8. The average Bonchev–Trinajstić information content (AvgIpc) is 3.17. The van der Waals surface area contributed by atoms with Gasteiger partial charge in [-0.3, -0.25) is 0 Å². The summed E-state index contributed by atoms with van der Waals surface area (Å²) in [5, 5.41) is 32.4. The number of hydrogen-bond donors (Lipinski definition) is 4. The maximum Gasteiger partial charge on any atom is 0.346 e. The third kappa shape index (κ3) is 3.74. The third-order valence-electron chi connectivity index (χ3n) is 4.86. The molecular weight excluding hydrogens is 401 g/mol. The minimum absolute atomic E-state index is 0.174. The number of benzene rings is 1. The number of nitrogens with zero attached hydrogens (tertiary/aromatic N) is 2. The lowest BCUT2D eigenvalue weighted by Crippen LogP contribution is -2.17. The van der Waals surface area contributed by atoms with E-state index in [0.29, 0.717) is 27.3 Å². The number of ether oxygens (including phenoxy) is 1. The van der Waals surface area contributed by atoms with Crippen molar-refractivity contribution in [1.82, 2.24) is 9.97 Å². The van der Waals surface area contributed by atoms with Gasteiger partial charge >= 0.3 is 5.97 Å². The summed E-state index contributed by atoms with van der Waals surface area (Å²) in [4.78, 5) is 20.5. The fraction of sp³-hybridized carbons (Fsp3) is 0.316. The summed E-state index contributed by atoms with van der Waals surface area (Å²) < 4.78 is 19.7. The van der Waals surface area contributed by atoms with Gasteiger partial charge in [-0.25, -0.2) is 19.2 Å². The minimum Gasteiger partial charge on any atom is -0.488 e. The van der Waals surface area contributed by atoms with E-state index in [1.54, 1.807) is 6.92 Å². The molecule has 4 rings (SSSR count). The maximum absolute atomic E-state index is 13.8. The van der Waals surface area contributed by atoms with E-state index in [1.807, 2.05) is 0 Å². The molecule has 29 heavy (non-hydrogen) atoms. The Labute approximate surface area is 168 Å². The number of carbonyl (C=O) groups is 1. The van der Waals surface area contributed by atoms with Crippen LogP contribution < -0.4 is 10.1 Å². The number of thiophene rings is 1. The van der Waals surface area contributed by atoms with Crippen LogP contribution in [0.5, 0.6) is 5.75 Å². The van der Waals surface area contributed by atoms with Crippen LogP contribution in [0.4, 0.5) is 15.9 Å². The van der Waals surface area contributed by atoms with Crippen molar-refractivity contribution in [2.75, 3.05) is 5.32 Å². The zero-order valence-corrected chi connectivity index (χ0v) is 16.1. The highest BCUT2D eigenvalue weighted by molar-refractivity contribution is 7.20. The standard InChI is InChI=1S/C19H18FN3O5S/c1-8-15-17(21-7-22-18(15)29-16(8)19(26)27)23-11-3-2-9(20)4-14(11)28-10-5-12(24)13(25)6-10/h2-4,7,10,12-13,24-25H,5-6H2,1H3,(H,26,27)(H,21,22,23)/t10?,12-,13+. The summed E-state index contributed by atoms with van der Waals surface area (Å²) in [6.07, 6.45) is -0.431. The van der Waals surface area contributed by atoms with Gasteiger partial charge in [0.15, 0.2) is 0 Å². The predicted octanol–water partition coefficient (Wildman–Crippen LogP) is 2.84. The Morgan fingerprint density at radius 1 is 1.28 bits per heavy atom. The first kappa shape index (κ1) is 19.5. The molecule has 1 fully saturated rings. The highest BCUT2D eigenvalue weighted by Gasteiger charge is 2.33. The molecule has 0 bridgehead atoms. The molecule has 3 atom stereocenters. The summed E-state index contributed by atoms with van der Waals surface area (Å²) in [7, 11) is 0. The smallest absolute Gasteiger partial charge is 0.346 e. The zero-order chi connectivity index (χ0) is 20.7. The first-order valence-electron chi connectivity index (χ1n) is 8.90. The molecule has 1 aromatic carbocycles. The monoisotopic (exact) mass is 419 g/mol. The van der Waals surface area contributed by atoms with Crippen molar-refractivity contribution in [3.05, 3.63) is 40.8 Å². The number of fused-ring (bicyclic) bond motifs is 1. The van der Waals surface area contributed by atoms with Gasteiger partial charge < -0.3 is 25.4 Å². The van der Waals surface area contributed by atoms with Gasteiger partial charge in [0.25, 0.3) is 0 Å². The van der Waals surface area contributed by atoms with Crippen molar-refractivity contribution in [2.45, 2.75) is 38.1 Å². The summed E-state index contributed by atoms with van der Waals surface area (Å²) in [5.74, 6) is -0.966. The molecule has 0 saturated heterocycles. The minimum atomic E-state index is -1.04. The number of rotatable bonds is 5. The molecule has 0 radical (unpaired) electrons. The molecule has 0 amide bonds. The van der Waals surface area contributed by atoms with Crippen molar-refractivity contribution in [1.29, 1.82) is 0 Å². The maximum atomic E-state index is 13.8. The van der Waals surface area contributed by atoms with Crippen molar-refractivity contribution in [3.63, 3.8) is 0 Å². The number of halogens is 1. The van der Waals surface area contributed by atoms with Crippen LogP contribution in [0.2, 0.25) is 0 Å². The molecule has 1 aliphatic rings. The van der Waals surface area contributed by atoms with Gasteiger partial charge in [-0.05, 0) is 24.6 Å². The van der Waals surface area contributed by atoms with E-state index in [1.165, 1.54) is 24.5 Å². The third-order valence-corrected chi connectivity index (χ3v) is 6.05. The van der Waals surface area contributed by atoms with Crippen LogP contribution in [0.3, 0.4) is 0 Å². The van der Waals surface area contributed by atoms with E-state index in [9.17, 15) is 24.5 Å². The van der Waals surface area contributed by atoms with Crippen LogP contribution >= 0.6 is 11.3 Å². The van der Waals surface area contributed by atoms with Crippen LogP contribution in [0.15, 0.2) is 24.5 Å². The van der Waals surface area contributed by atoms with Gasteiger partial charge in [0.05, 0.1) is 23.3 Å². The Bertz CT molecular complexity index is 1080. The van der Waals surface area contributed by atoms with E-state index < -0.39 is 30.1 Å². The highest BCUT2D eigenvalue weighted by atomic mass is 32.1. The average molecular weight is 419 g/mol. The van der Waals surface area contributed by atoms with Gasteiger partial charge in [0, 0.05) is 18.9 Å². The Kier molecular flexibility index (Phi) is 5.07. The lowest BCUT2D eigenvalue weighted by molar-refractivity contribution is 0.0438. The number of carboxylic acid groups (broad SMARTS) is 1. The SMILES string of the molecule is Cc1c(C(=O)O)sc2ncnc(Nc3ccc(F)cc3OC3C[C@@H](O)[C@@H](O)C3)c12. The number of nitrogens with one attached hydrogen (secondary N) is 1. The highest BCUT2D eigenvalue weighted by Crippen LogP contribution is 2.37. The van der Waals surface area contributed by atoms with Gasteiger partial charge in [0.1, 0.15) is 39.5 Å². The second kappa shape index (κ2) is 7.54. The van der Waals surface area contributed by atoms with Crippen LogP contribution in [-0.2, 0) is 0 Å².